The number of hydrogen-bond acceptors (Lipinski definition) is 6. The van der Waals surface area contributed by atoms with Crippen LogP contribution in [0.15, 0.2) is 29.0 Å². The zero-order chi connectivity index (χ0) is 18.4. The molecule has 2 bridgehead atoms. The molecule has 4 rings (SSSR count). The Morgan fingerprint density at radius 2 is 2.12 bits per heavy atom. The highest BCUT2D eigenvalue weighted by molar-refractivity contribution is 9.10. The van der Waals surface area contributed by atoms with Crippen molar-refractivity contribution in [2.45, 2.75) is 19.4 Å². The molecule has 2 heterocycles. The molecule has 0 saturated heterocycles. The van der Waals surface area contributed by atoms with E-state index in [1.54, 1.807) is 17.1 Å². The minimum absolute atomic E-state index is 0.0540. The minimum Gasteiger partial charge on any atom is -0.369 e. The van der Waals surface area contributed by atoms with E-state index in [0.717, 1.165) is 22.3 Å². The van der Waals surface area contributed by atoms with Crippen LogP contribution in [0, 0.1) is 24.7 Å². The molecule has 0 radical (unpaired) electrons. The van der Waals surface area contributed by atoms with Crippen LogP contribution in [0.4, 0.5) is 17.5 Å². The molecule has 2 aromatic heterocycles. The summed E-state index contributed by atoms with van der Waals surface area (Å²) in [6.45, 7) is 1.96. The summed E-state index contributed by atoms with van der Waals surface area (Å²) >= 11 is 3.49. The fourth-order valence-corrected chi connectivity index (χ4v) is 4.14. The predicted octanol–water partition coefficient (Wildman–Crippen LogP) is 2.11. The average Bonchev–Trinajstić information content (AvgIpc) is 3.29. The Labute approximate surface area is 159 Å². The number of hydrogen-bond donors (Lipinski definition) is 3. The molecule has 136 valence electrons. The maximum Gasteiger partial charge on any atom is 0.229 e. The summed E-state index contributed by atoms with van der Waals surface area (Å²) in [6.07, 6.45) is 8.64. The molecule has 9 heteroatoms. The third-order valence-corrected chi connectivity index (χ3v) is 5.90. The highest BCUT2D eigenvalue weighted by Gasteiger charge is 2.47. The van der Waals surface area contributed by atoms with Crippen molar-refractivity contribution in [3.05, 3.63) is 34.7 Å². The number of rotatable bonds is 5. The Morgan fingerprint density at radius 1 is 1.35 bits per heavy atom. The van der Waals surface area contributed by atoms with Gasteiger partial charge in [-0.2, -0.15) is 10.1 Å². The Kier molecular flexibility index (Phi) is 4.18. The van der Waals surface area contributed by atoms with Gasteiger partial charge in [0, 0.05) is 19.3 Å². The lowest BCUT2D eigenvalue weighted by Gasteiger charge is -2.27. The van der Waals surface area contributed by atoms with Gasteiger partial charge in [0.2, 0.25) is 11.9 Å². The molecule has 26 heavy (non-hydrogen) atoms. The molecule has 1 fully saturated rings. The average molecular weight is 418 g/mol. The van der Waals surface area contributed by atoms with Crippen LogP contribution in [0.2, 0.25) is 0 Å². The van der Waals surface area contributed by atoms with E-state index in [-0.39, 0.29) is 29.7 Å². The van der Waals surface area contributed by atoms with Gasteiger partial charge in [0.1, 0.15) is 5.82 Å². The number of fused-ring (bicyclic) bond motifs is 2. The highest BCUT2D eigenvalue weighted by atomic mass is 79.9. The van der Waals surface area contributed by atoms with E-state index in [0.29, 0.717) is 11.8 Å². The first-order valence-corrected chi connectivity index (χ1v) is 9.25. The quantitative estimate of drug-likeness (QED) is 0.642. The van der Waals surface area contributed by atoms with Crippen LogP contribution in [0.1, 0.15) is 12.1 Å². The number of carbonyl (C=O) groups excluding carboxylic acids is 1. The minimum atomic E-state index is -0.270. The van der Waals surface area contributed by atoms with Crippen LogP contribution >= 0.6 is 15.9 Å². The second kappa shape index (κ2) is 6.39. The molecule has 0 aliphatic heterocycles. The van der Waals surface area contributed by atoms with Crippen LogP contribution in [0.5, 0.6) is 0 Å². The van der Waals surface area contributed by atoms with Crippen molar-refractivity contribution in [1.29, 1.82) is 0 Å². The lowest BCUT2D eigenvalue weighted by Crippen LogP contribution is -2.41. The third-order valence-electron chi connectivity index (χ3n) is 5.32. The van der Waals surface area contributed by atoms with E-state index < -0.39 is 0 Å². The van der Waals surface area contributed by atoms with Gasteiger partial charge in [-0.3, -0.25) is 9.48 Å². The summed E-state index contributed by atoms with van der Waals surface area (Å²) in [7, 11) is 1.88. The highest BCUT2D eigenvalue weighted by Crippen LogP contribution is 2.45. The molecule has 4 N–H and O–H groups in total. The Bertz CT molecular complexity index is 893. The molecule has 1 saturated carbocycles. The largest absolute Gasteiger partial charge is 0.369 e. The number of nitrogens with two attached hydrogens (primary N) is 1. The molecule has 0 spiro atoms. The molecule has 2 aliphatic rings. The second-order valence-electron chi connectivity index (χ2n) is 6.83. The summed E-state index contributed by atoms with van der Waals surface area (Å²) in [5, 5.41) is 10.8. The molecule has 1 amide bonds. The maximum atomic E-state index is 11.9. The van der Waals surface area contributed by atoms with Gasteiger partial charge in [0.15, 0.2) is 0 Å². The van der Waals surface area contributed by atoms with E-state index in [1.807, 2.05) is 14.0 Å². The molecule has 0 aromatic carbocycles. The number of aromatic nitrogens is 4. The number of primary amides is 1. The van der Waals surface area contributed by atoms with Crippen molar-refractivity contribution in [2.75, 3.05) is 10.6 Å². The topological polar surface area (TPSA) is 111 Å². The summed E-state index contributed by atoms with van der Waals surface area (Å²) in [6, 6.07) is -0.0540. The van der Waals surface area contributed by atoms with Gasteiger partial charge in [-0.25, -0.2) is 4.98 Å². The molecule has 0 unspecified atom stereocenters. The molecular weight excluding hydrogens is 398 g/mol. The first kappa shape index (κ1) is 17.0. The van der Waals surface area contributed by atoms with Crippen LogP contribution in [0.25, 0.3) is 0 Å². The second-order valence-corrected chi connectivity index (χ2v) is 7.68. The van der Waals surface area contributed by atoms with Crippen LogP contribution in [0.3, 0.4) is 0 Å². The fourth-order valence-electron chi connectivity index (χ4n) is 3.84. The van der Waals surface area contributed by atoms with Crippen molar-refractivity contribution < 1.29 is 4.79 Å². The van der Waals surface area contributed by atoms with Crippen molar-refractivity contribution >= 4 is 39.3 Å². The zero-order valence-electron chi connectivity index (χ0n) is 14.5. The van der Waals surface area contributed by atoms with E-state index in [4.69, 9.17) is 5.73 Å². The number of carbonyl (C=O) groups is 1. The van der Waals surface area contributed by atoms with Crippen LogP contribution < -0.4 is 16.4 Å². The monoisotopic (exact) mass is 417 g/mol. The normalized spacial score (nSPS) is 26.3. The summed E-state index contributed by atoms with van der Waals surface area (Å²) in [4.78, 5) is 20.8. The van der Waals surface area contributed by atoms with Crippen molar-refractivity contribution in [3.63, 3.8) is 0 Å². The van der Waals surface area contributed by atoms with E-state index in [2.05, 4.69) is 53.8 Å². The SMILES string of the molecule is Cc1c(Nc2ncc(Br)c(N[C@H]3[C@@H](C(N)=O)[C@@H]4C=C[C@H]3C4)n2)cnn1C. The standard InChI is InChI=1S/C17H20BrN7O/c1-8-12(7-21-25(8)2)22-17-20-6-11(18)16(24-17)23-14-10-4-3-9(5-10)13(14)15(19)26/h3-4,6-7,9-10,13-14H,5H2,1-2H3,(H2,19,26)(H2,20,22,23,24)/t9-,10+,13+,14-/m1/s1. The van der Waals surface area contributed by atoms with Crippen LogP contribution in [-0.4, -0.2) is 31.7 Å². The predicted molar refractivity (Wildman–Crippen MR) is 102 cm³/mol. The van der Waals surface area contributed by atoms with Gasteiger partial charge in [0.05, 0.1) is 28.0 Å². The lowest BCUT2D eigenvalue weighted by molar-refractivity contribution is -0.122. The molecule has 4 atom stereocenters. The van der Waals surface area contributed by atoms with Gasteiger partial charge in [-0.1, -0.05) is 12.2 Å². The molecule has 8 nitrogen and oxygen atoms in total. The van der Waals surface area contributed by atoms with Crippen molar-refractivity contribution in [1.82, 2.24) is 19.7 Å². The van der Waals surface area contributed by atoms with Gasteiger partial charge in [-0.15, -0.1) is 0 Å². The number of nitrogens with one attached hydrogen (secondary N) is 2. The smallest absolute Gasteiger partial charge is 0.229 e. The van der Waals surface area contributed by atoms with E-state index in [1.165, 1.54) is 0 Å². The van der Waals surface area contributed by atoms with Crippen molar-refractivity contribution in [2.24, 2.45) is 30.5 Å². The van der Waals surface area contributed by atoms with E-state index in [9.17, 15) is 4.79 Å². The number of anilines is 3. The number of amides is 1. The molecule has 2 aromatic rings. The van der Waals surface area contributed by atoms with E-state index >= 15 is 0 Å². The third kappa shape index (κ3) is 2.86. The number of aryl methyl sites for hydroxylation is 1. The first-order valence-electron chi connectivity index (χ1n) is 8.46. The summed E-state index contributed by atoms with van der Waals surface area (Å²) in [5.74, 6) is 1.11. The Balaban J connectivity index is 1.58. The molecular formula is C17H20BrN7O. The molecule has 2 aliphatic carbocycles. The van der Waals surface area contributed by atoms with Crippen molar-refractivity contribution in [3.8, 4) is 0 Å². The lowest BCUT2D eigenvalue weighted by atomic mass is 9.88. The van der Waals surface area contributed by atoms with Gasteiger partial charge in [-0.05, 0) is 41.1 Å². The fraction of sp³-hybridized carbons (Fsp3) is 0.412. The van der Waals surface area contributed by atoms with Crippen LogP contribution in [-0.2, 0) is 11.8 Å². The number of allylic oxidation sites excluding steroid dienone is 1. The first-order chi connectivity index (χ1) is 12.4. The Hall–Kier alpha value is -2.42. The Morgan fingerprint density at radius 3 is 2.81 bits per heavy atom. The number of nitrogens with zero attached hydrogens (tertiary/aromatic N) is 4. The zero-order valence-corrected chi connectivity index (χ0v) is 16.1. The number of halogens is 1. The summed E-state index contributed by atoms with van der Waals surface area (Å²) < 4.78 is 2.51. The van der Waals surface area contributed by atoms with Gasteiger partial charge < -0.3 is 16.4 Å². The van der Waals surface area contributed by atoms with Gasteiger partial charge in [0.25, 0.3) is 0 Å². The summed E-state index contributed by atoms with van der Waals surface area (Å²) in [5.41, 5.74) is 7.47. The maximum absolute atomic E-state index is 11.9. The van der Waals surface area contributed by atoms with Gasteiger partial charge >= 0.3 is 0 Å².